The average molecular weight is 529 g/mol. The van der Waals surface area contributed by atoms with Crippen LogP contribution in [0.1, 0.15) is 18.3 Å². The molecule has 12 nitrogen and oxygen atoms in total. The van der Waals surface area contributed by atoms with E-state index in [0.29, 0.717) is 35.1 Å². The molecule has 0 spiro atoms. The summed E-state index contributed by atoms with van der Waals surface area (Å²) in [6.07, 6.45) is 0.435. The van der Waals surface area contributed by atoms with E-state index in [4.69, 9.17) is 4.74 Å². The number of amides is 4. The number of rotatable bonds is 10. The Morgan fingerprint density at radius 1 is 0.949 bits per heavy atom. The second kappa shape index (κ2) is 12.8. The number of ether oxygens (including phenoxy) is 1. The lowest BCUT2D eigenvalue weighted by molar-refractivity contribution is -0.122. The summed E-state index contributed by atoms with van der Waals surface area (Å²) >= 11 is 0. The normalized spacial score (nSPS) is 11.2. The standard InChI is InChI=1S/C27H28N8O4/c1-18(26(37)29-20-9-4-3-5-10-20)35(22-12-7-13-23(16-22)39-2)25(36)17-28-27(38)30-21-11-6-8-19(14-21)15-24-31-33-34-32-24/h3-14,16,18H,15,17H2,1-2H3,(H,29,37)(H2,28,30,38)(H,31,32,33,34). The lowest BCUT2D eigenvalue weighted by Crippen LogP contribution is -2.50. The summed E-state index contributed by atoms with van der Waals surface area (Å²) in [5, 5.41) is 21.9. The Kier molecular flexibility index (Phi) is 8.80. The summed E-state index contributed by atoms with van der Waals surface area (Å²) in [6.45, 7) is 1.26. The number of carbonyl (C=O) groups is 3. The van der Waals surface area contributed by atoms with E-state index in [-0.39, 0.29) is 12.5 Å². The molecule has 0 aliphatic heterocycles. The largest absolute Gasteiger partial charge is 0.497 e. The molecule has 12 heteroatoms. The van der Waals surface area contributed by atoms with Crippen molar-refractivity contribution in [1.29, 1.82) is 0 Å². The molecule has 4 rings (SSSR count). The van der Waals surface area contributed by atoms with Gasteiger partial charge in [0.05, 0.1) is 13.7 Å². The van der Waals surface area contributed by atoms with Crippen LogP contribution >= 0.6 is 0 Å². The van der Waals surface area contributed by atoms with Crippen LogP contribution in [0.3, 0.4) is 0 Å². The SMILES string of the molecule is COc1cccc(N(C(=O)CNC(=O)Nc2cccc(Cc3nn[nH]n3)c2)C(C)C(=O)Nc2ccccc2)c1. The van der Waals surface area contributed by atoms with E-state index in [1.165, 1.54) is 12.0 Å². The van der Waals surface area contributed by atoms with Crippen LogP contribution < -0.4 is 25.6 Å². The third-order valence-corrected chi connectivity index (χ3v) is 5.74. The summed E-state index contributed by atoms with van der Waals surface area (Å²) in [5.74, 6) is 0.165. The molecule has 0 radical (unpaired) electrons. The number of aromatic amines is 1. The lowest BCUT2D eigenvalue weighted by Gasteiger charge is -2.29. The number of tetrazole rings is 1. The minimum absolute atomic E-state index is 0.353. The molecule has 1 heterocycles. The van der Waals surface area contributed by atoms with Crippen LogP contribution in [-0.4, -0.2) is 58.2 Å². The number of para-hydroxylation sites is 1. The molecular weight excluding hydrogens is 500 g/mol. The Bertz CT molecular complexity index is 1410. The van der Waals surface area contributed by atoms with Crippen molar-refractivity contribution in [3.05, 3.63) is 90.3 Å². The molecule has 4 aromatic rings. The summed E-state index contributed by atoms with van der Waals surface area (Å²) in [4.78, 5) is 40.4. The maximum atomic E-state index is 13.4. The van der Waals surface area contributed by atoms with Crippen LogP contribution in [-0.2, 0) is 16.0 Å². The Hall–Kier alpha value is -5.26. The second-order valence-corrected chi connectivity index (χ2v) is 8.51. The fourth-order valence-electron chi connectivity index (χ4n) is 3.84. The van der Waals surface area contributed by atoms with Gasteiger partial charge in [-0.15, -0.1) is 10.2 Å². The zero-order chi connectivity index (χ0) is 27.6. The molecule has 0 bridgehead atoms. The Balaban J connectivity index is 1.43. The predicted octanol–water partition coefficient (Wildman–Crippen LogP) is 2.98. The first-order valence-corrected chi connectivity index (χ1v) is 12.1. The number of nitrogens with zero attached hydrogens (tertiary/aromatic N) is 4. The first-order chi connectivity index (χ1) is 18.9. The molecular formula is C27H28N8O4. The van der Waals surface area contributed by atoms with Gasteiger partial charge in [0.1, 0.15) is 11.8 Å². The number of methoxy groups -OCH3 is 1. The lowest BCUT2D eigenvalue weighted by atomic mass is 10.1. The van der Waals surface area contributed by atoms with Gasteiger partial charge in [0, 0.05) is 29.5 Å². The number of urea groups is 1. The van der Waals surface area contributed by atoms with Crippen LogP contribution in [0.2, 0.25) is 0 Å². The molecule has 0 saturated carbocycles. The molecule has 0 saturated heterocycles. The van der Waals surface area contributed by atoms with Gasteiger partial charge in [-0.2, -0.15) is 5.21 Å². The predicted molar refractivity (Wildman–Crippen MR) is 145 cm³/mol. The van der Waals surface area contributed by atoms with Crippen molar-refractivity contribution in [2.45, 2.75) is 19.4 Å². The zero-order valence-electron chi connectivity index (χ0n) is 21.4. The molecule has 1 aromatic heterocycles. The van der Waals surface area contributed by atoms with Gasteiger partial charge in [0.2, 0.25) is 11.8 Å². The summed E-state index contributed by atoms with van der Waals surface area (Å²) in [7, 11) is 1.51. The fourth-order valence-corrected chi connectivity index (χ4v) is 3.84. The molecule has 4 amide bonds. The average Bonchev–Trinajstić information content (AvgIpc) is 3.46. The monoisotopic (exact) mass is 528 g/mol. The first kappa shape index (κ1) is 26.8. The number of anilines is 3. The number of nitrogens with one attached hydrogen (secondary N) is 4. The van der Waals surface area contributed by atoms with Gasteiger partial charge >= 0.3 is 6.03 Å². The smallest absolute Gasteiger partial charge is 0.319 e. The quantitative estimate of drug-likeness (QED) is 0.247. The van der Waals surface area contributed by atoms with E-state index in [2.05, 4.69) is 36.6 Å². The molecule has 4 N–H and O–H groups in total. The topological polar surface area (TPSA) is 154 Å². The number of hydrogen-bond acceptors (Lipinski definition) is 7. The number of carbonyl (C=O) groups excluding carboxylic acids is 3. The van der Waals surface area contributed by atoms with Crippen LogP contribution in [0.4, 0.5) is 21.9 Å². The van der Waals surface area contributed by atoms with E-state index < -0.39 is 18.0 Å². The van der Waals surface area contributed by atoms with Crippen molar-refractivity contribution in [2.75, 3.05) is 29.2 Å². The van der Waals surface area contributed by atoms with Gasteiger partial charge in [-0.3, -0.25) is 14.5 Å². The van der Waals surface area contributed by atoms with Crippen LogP contribution in [0.25, 0.3) is 0 Å². The van der Waals surface area contributed by atoms with Crippen molar-refractivity contribution < 1.29 is 19.1 Å². The number of benzene rings is 3. The molecule has 1 atom stereocenters. The van der Waals surface area contributed by atoms with Gasteiger partial charge in [-0.25, -0.2) is 4.79 Å². The van der Waals surface area contributed by atoms with Crippen molar-refractivity contribution in [1.82, 2.24) is 25.9 Å². The van der Waals surface area contributed by atoms with E-state index in [1.807, 2.05) is 12.1 Å². The number of hydrogen-bond donors (Lipinski definition) is 4. The highest BCUT2D eigenvalue weighted by Crippen LogP contribution is 2.24. The van der Waals surface area contributed by atoms with E-state index in [0.717, 1.165) is 5.56 Å². The van der Waals surface area contributed by atoms with Crippen LogP contribution in [0.5, 0.6) is 5.75 Å². The highest BCUT2D eigenvalue weighted by atomic mass is 16.5. The van der Waals surface area contributed by atoms with Gasteiger partial charge in [-0.1, -0.05) is 41.6 Å². The zero-order valence-corrected chi connectivity index (χ0v) is 21.4. The van der Waals surface area contributed by atoms with Crippen LogP contribution in [0.15, 0.2) is 78.9 Å². The minimum atomic E-state index is -0.892. The number of aromatic nitrogens is 4. The Labute approximate surface area is 224 Å². The van der Waals surface area contributed by atoms with E-state index in [1.54, 1.807) is 73.7 Å². The maximum Gasteiger partial charge on any atom is 0.319 e. The van der Waals surface area contributed by atoms with Crippen molar-refractivity contribution >= 4 is 34.9 Å². The van der Waals surface area contributed by atoms with Gasteiger partial charge in [0.25, 0.3) is 0 Å². The van der Waals surface area contributed by atoms with Gasteiger partial charge < -0.3 is 20.7 Å². The highest BCUT2D eigenvalue weighted by Gasteiger charge is 2.28. The van der Waals surface area contributed by atoms with Gasteiger partial charge in [0.15, 0.2) is 5.82 Å². The molecule has 39 heavy (non-hydrogen) atoms. The van der Waals surface area contributed by atoms with E-state index in [9.17, 15) is 14.4 Å². The summed E-state index contributed by atoms with van der Waals surface area (Å²) in [6, 6.07) is 21.4. The highest BCUT2D eigenvalue weighted by molar-refractivity contribution is 6.06. The molecule has 0 aliphatic rings. The summed E-state index contributed by atoms with van der Waals surface area (Å²) < 4.78 is 5.30. The Morgan fingerprint density at radius 3 is 2.46 bits per heavy atom. The Morgan fingerprint density at radius 2 is 1.72 bits per heavy atom. The molecule has 200 valence electrons. The van der Waals surface area contributed by atoms with E-state index >= 15 is 0 Å². The molecule has 0 fully saturated rings. The molecule has 0 aliphatic carbocycles. The minimum Gasteiger partial charge on any atom is -0.497 e. The van der Waals surface area contributed by atoms with Crippen LogP contribution in [0, 0.1) is 0 Å². The number of H-pyrrole nitrogens is 1. The maximum absolute atomic E-state index is 13.4. The molecule has 1 unspecified atom stereocenters. The second-order valence-electron chi connectivity index (χ2n) is 8.51. The van der Waals surface area contributed by atoms with Crippen molar-refractivity contribution in [3.8, 4) is 5.75 Å². The van der Waals surface area contributed by atoms with Gasteiger partial charge in [-0.05, 0) is 48.9 Å². The third kappa shape index (κ3) is 7.38. The first-order valence-electron chi connectivity index (χ1n) is 12.1. The van der Waals surface area contributed by atoms with Crippen molar-refractivity contribution in [2.24, 2.45) is 0 Å². The van der Waals surface area contributed by atoms with Crippen molar-refractivity contribution in [3.63, 3.8) is 0 Å². The molecule has 3 aromatic carbocycles. The summed E-state index contributed by atoms with van der Waals surface area (Å²) in [5.41, 5.74) is 2.45. The third-order valence-electron chi connectivity index (χ3n) is 5.74. The fraction of sp³-hybridized carbons (Fsp3) is 0.185.